The van der Waals surface area contributed by atoms with Crippen LogP contribution in [0.15, 0.2) is 17.0 Å². The van der Waals surface area contributed by atoms with E-state index in [1.54, 1.807) is 0 Å². The number of nitrogens with one attached hydrogen (secondary N) is 1. The summed E-state index contributed by atoms with van der Waals surface area (Å²) < 4.78 is 53.2. The van der Waals surface area contributed by atoms with Crippen molar-refractivity contribution in [2.75, 3.05) is 6.54 Å². The Labute approximate surface area is 112 Å². The third-order valence-corrected chi connectivity index (χ3v) is 4.20. The molecule has 0 atom stereocenters. The molecule has 0 radical (unpaired) electrons. The van der Waals surface area contributed by atoms with Crippen LogP contribution in [0.5, 0.6) is 0 Å². The Morgan fingerprint density at radius 2 is 1.95 bits per heavy atom. The van der Waals surface area contributed by atoms with Gasteiger partial charge in [0.15, 0.2) is 5.82 Å². The Morgan fingerprint density at radius 3 is 2.53 bits per heavy atom. The number of halogens is 2. The molecule has 108 valence electrons. The highest BCUT2D eigenvalue weighted by molar-refractivity contribution is 7.89. The topological polar surface area (TPSA) is 72.2 Å². The van der Waals surface area contributed by atoms with Crippen molar-refractivity contribution in [2.45, 2.75) is 37.6 Å². The molecular formula is C12H18F2N2O2S. The molecule has 0 aromatic heterocycles. The van der Waals surface area contributed by atoms with Crippen LogP contribution in [0.3, 0.4) is 0 Å². The number of sulfonamides is 1. The number of nitrogens with two attached hydrogens (primary N) is 1. The summed E-state index contributed by atoms with van der Waals surface area (Å²) in [5, 5.41) is 0. The molecule has 4 nitrogen and oxygen atoms in total. The molecule has 7 heteroatoms. The van der Waals surface area contributed by atoms with Gasteiger partial charge in [-0.05, 0) is 18.6 Å². The average molecular weight is 292 g/mol. The lowest BCUT2D eigenvalue weighted by atomic mass is 10.2. The van der Waals surface area contributed by atoms with Crippen molar-refractivity contribution in [1.29, 1.82) is 0 Å². The van der Waals surface area contributed by atoms with E-state index >= 15 is 0 Å². The molecule has 0 heterocycles. The van der Waals surface area contributed by atoms with Crippen molar-refractivity contribution in [3.05, 3.63) is 29.3 Å². The Kier molecular flexibility index (Phi) is 5.84. The minimum atomic E-state index is -3.97. The van der Waals surface area contributed by atoms with E-state index in [0.29, 0.717) is 6.42 Å². The van der Waals surface area contributed by atoms with E-state index in [1.165, 1.54) is 0 Å². The maximum Gasteiger partial charge on any atom is 0.243 e. The Balaban J connectivity index is 2.96. The van der Waals surface area contributed by atoms with E-state index in [4.69, 9.17) is 5.73 Å². The Hall–Kier alpha value is -1.05. The predicted octanol–water partition coefficient (Wildman–Crippen LogP) is 1.89. The predicted molar refractivity (Wildman–Crippen MR) is 69.0 cm³/mol. The van der Waals surface area contributed by atoms with Gasteiger partial charge in [0, 0.05) is 18.7 Å². The van der Waals surface area contributed by atoms with Crippen LogP contribution in [-0.4, -0.2) is 15.0 Å². The first-order valence-corrected chi connectivity index (χ1v) is 7.59. The average Bonchev–Trinajstić information content (AvgIpc) is 2.35. The quantitative estimate of drug-likeness (QED) is 0.754. The maximum absolute atomic E-state index is 13.9. The molecule has 0 bridgehead atoms. The fraction of sp³-hybridized carbons (Fsp3) is 0.500. The first-order chi connectivity index (χ1) is 8.94. The molecule has 19 heavy (non-hydrogen) atoms. The summed E-state index contributed by atoms with van der Waals surface area (Å²) in [4.78, 5) is -0.564. The molecule has 0 saturated heterocycles. The molecule has 1 rings (SSSR count). The van der Waals surface area contributed by atoms with Gasteiger partial charge in [0.05, 0.1) is 0 Å². The molecule has 3 N–H and O–H groups in total. The molecule has 0 aliphatic rings. The second kappa shape index (κ2) is 6.93. The number of unbranched alkanes of at least 4 members (excludes halogenated alkanes) is 2. The van der Waals surface area contributed by atoms with Gasteiger partial charge in [0.2, 0.25) is 10.0 Å². The van der Waals surface area contributed by atoms with Crippen LogP contribution in [-0.2, 0) is 16.6 Å². The Morgan fingerprint density at radius 1 is 1.26 bits per heavy atom. The minimum Gasteiger partial charge on any atom is -0.326 e. The molecule has 1 aromatic rings. The highest BCUT2D eigenvalue weighted by Crippen LogP contribution is 2.20. The van der Waals surface area contributed by atoms with Gasteiger partial charge in [0.25, 0.3) is 0 Å². The van der Waals surface area contributed by atoms with Crippen LogP contribution in [0.4, 0.5) is 8.78 Å². The second-order valence-electron chi connectivity index (χ2n) is 4.15. The van der Waals surface area contributed by atoms with Crippen molar-refractivity contribution in [2.24, 2.45) is 5.73 Å². The number of rotatable bonds is 7. The lowest BCUT2D eigenvalue weighted by Gasteiger charge is -2.10. The highest BCUT2D eigenvalue weighted by Gasteiger charge is 2.22. The fourth-order valence-electron chi connectivity index (χ4n) is 1.63. The van der Waals surface area contributed by atoms with Gasteiger partial charge in [-0.2, -0.15) is 0 Å². The summed E-state index contributed by atoms with van der Waals surface area (Å²) in [5.41, 5.74) is 4.79. The largest absolute Gasteiger partial charge is 0.326 e. The van der Waals surface area contributed by atoms with Crippen molar-refractivity contribution in [3.8, 4) is 0 Å². The Bertz CT molecular complexity index is 533. The zero-order chi connectivity index (χ0) is 14.5. The van der Waals surface area contributed by atoms with Crippen molar-refractivity contribution in [3.63, 3.8) is 0 Å². The summed E-state index contributed by atoms with van der Waals surface area (Å²) in [6.45, 7) is 1.82. The summed E-state index contributed by atoms with van der Waals surface area (Å²) in [5.74, 6) is -1.96. The van der Waals surface area contributed by atoms with Gasteiger partial charge in [-0.15, -0.1) is 0 Å². The fourth-order valence-corrected chi connectivity index (χ4v) is 2.80. The van der Waals surface area contributed by atoms with Gasteiger partial charge in [-0.1, -0.05) is 19.8 Å². The first-order valence-electron chi connectivity index (χ1n) is 6.10. The van der Waals surface area contributed by atoms with E-state index < -0.39 is 38.7 Å². The molecule has 0 aliphatic heterocycles. The van der Waals surface area contributed by atoms with E-state index in [2.05, 4.69) is 4.72 Å². The van der Waals surface area contributed by atoms with Crippen molar-refractivity contribution < 1.29 is 17.2 Å². The molecular weight excluding hydrogens is 274 g/mol. The van der Waals surface area contributed by atoms with Crippen LogP contribution in [0.1, 0.15) is 31.7 Å². The SMILES string of the molecule is CCCCCNS(=O)(=O)c1ccc(F)c(CN)c1F. The van der Waals surface area contributed by atoms with Crippen LogP contribution >= 0.6 is 0 Å². The van der Waals surface area contributed by atoms with E-state index in [0.717, 1.165) is 25.0 Å². The van der Waals surface area contributed by atoms with E-state index in [1.807, 2.05) is 6.92 Å². The molecule has 0 amide bonds. The second-order valence-corrected chi connectivity index (χ2v) is 5.88. The molecule has 0 unspecified atom stereocenters. The summed E-state index contributed by atoms with van der Waals surface area (Å²) in [6.07, 6.45) is 2.49. The maximum atomic E-state index is 13.9. The summed E-state index contributed by atoms with van der Waals surface area (Å²) >= 11 is 0. The zero-order valence-corrected chi connectivity index (χ0v) is 11.6. The lowest BCUT2D eigenvalue weighted by Crippen LogP contribution is -2.26. The van der Waals surface area contributed by atoms with Crippen LogP contribution in [0, 0.1) is 11.6 Å². The lowest BCUT2D eigenvalue weighted by molar-refractivity contribution is 0.524. The van der Waals surface area contributed by atoms with E-state index in [9.17, 15) is 17.2 Å². The van der Waals surface area contributed by atoms with Gasteiger partial charge in [-0.25, -0.2) is 21.9 Å². The van der Waals surface area contributed by atoms with Crippen molar-refractivity contribution in [1.82, 2.24) is 4.72 Å². The van der Waals surface area contributed by atoms with Crippen LogP contribution in [0.25, 0.3) is 0 Å². The van der Waals surface area contributed by atoms with Gasteiger partial charge < -0.3 is 5.73 Å². The first kappa shape index (κ1) is 16.0. The van der Waals surface area contributed by atoms with Gasteiger partial charge >= 0.3 is 0 Å². The molecule has 0 aliphatic carbocycles. The minimum absolute atomic E-state index is 0.227. The highest BCUT2D eigenvalue weighted by atomic mass is 32.2. The number of hydrogen-bond donors (Lipinski definition) is 2. The van der Waals surface area contributed by atoms with E-state index in [-0.39, 0.29) is 6.54 Å². The molecule has 1 aromatic carbocycles. The standard InChI is InChI=1S/C12H18F2N2O2S/c1-2-3-4-7-16-19(17,18)11-6-5-10(13)9(8-15)12(11)14/h5-6,16H,2-4,7-8,15H2,1H3. The molecule has 0 saturated carbocycles. The number of benzene rings is 1. The van der Waals surface area contributed by atoms with Crippen molar-refractivity contribution >= 4 is 10.0 Å². The summed E-state index contributed by atoms with van der Waals surface area (Å²) in [7, 11) is -3.97. The molecule has 0 spiro atoms. The zero-order valence-electron chi connectivity index (χ0n) is 10.7. The smallest absolute Gasteiger partial charge is 0.243 e. The third-order valence-electron chi connectivity index (χ3n) is 2.72. The number of hydrogen-bond acceptors (Lipinski definition) is 3. The summed E-state index contributed by atoms with van der Waals surface area (Å²) in [6, 6.07) is 1.82. The van der Waals surface area contributed by atoms with Gasteiger partial charge in [-0.3, -0.25) is 0 Å². The monoisotopic (exact) mass is 292 g/mol. The van der Waals surface area contributed by atoms with Crippen LogP contribution in [0.2, 0.25) is 0 Å². The third kappa shape index (κ3) is 3.95. The van der Waals surface area contributed by atoms with Crippen LogP contribution < -0.4 is 10.5 Å². The normalized spacial score (nSPS) is 11.8. The van der Waals surface area contributed by atoms with Gasteiger partial charge in [0.1, 0.15) is 10.7 Å². The molecule has 0 fully saturated rings.